The Balaban J connectivity index is 2.27. The highest BCUT2D eigenvalue weighted by molar-refractivity contribution is 5.93. The number of aryl methyl sites for hydroxylation is 1. The van der Waals surface area contributed by atoms with Gasteiger partial charge in [-0.15, -0.1) is 0 Å². The van der Waals surface area contributed by atoms with Gasteiger partial charge in [-0.25, -0.2) is 10.2 Å². The molecule has 0 unspecified atom stereocenters. The molecule has 0 aliphatic heterocycles. The molecule has 3 N–H and O–H groups in total. The molecule has 0 fully saturated rings. The number of anilines is 1. The van der Waals surface area contributed by atoms with Crippen LogP contribution < -0.4 is 16.2 Å². The van der Waals surface area contributed by atoms with E-state index >= 15 is 0 Å². The van der Waals surface area contributed by atoms with Crippen molar-refractivity contribution < 1.29 is 9.18 Å². The molecule has 0 spiro atoms. The van der Waals surface area contributed by atoms with Gasteiger partial charge in [0.1, 0.15) is 5.82 Å². The number of amides is 1. The fourth-order valence-electron chi connectivity index (χ4n) is 2.25. The third-order valence-electron chi connectivity index (χ3n) is 3.37. The number of hydrazine groups is 1. The van der Waals surface area contributed by atoms with Gasteiger partial charge >= 0.3 is 0 Å². The third kappa shape index (κ3) is 3.38. The van der Waals surface area contributed by atoms with Gasteiger partial charge in [-0.1, -0.05) is 18.2 Å². The zero-order valence-corrected chi connectivity index (χ0v) is 12.1. The zero-order valence-electron chi connectivity index (χ0n) is 12.1. The van der Waals surface area contributed by atoms with Gasteiger partial charge in [0, 0.05) is 30.4 Å². The number of rotatable bonds is 4. The number of para-hydroxylation sites is 1. The van der Waals surface area contributed by atoms with E-state index in [-0.39, 0.29) is 5.82 Å². The van der Waals surface area contributed by atoms with Gasteiger partial charge in [0.15, 0.2) is 0 Å². The first kappa shape index (κ1) is 15.0. The number of hydrogen-bond acceptors (Lipinski definition) is 3. The van der Waals surface area contributed by atoms with Crippen LogP contribution in [0.3, 0.4) is 0 Å². The van der Waals surface area contributed by atoms with E-state index < -0.39 is 5.91 Å². The van der Waals surface area contributed by atoms with Crippen molar-refractivity contribution in [3.8, 4) is 0 Å². The molecule has 4 nitrogen and oxygen atoms in total. The third-order valence-corrected chi connectivity index (χ3v) is 3.37. The number of carbonyl (C=O) groups excluding carboxylic acids is 1. The van der Waals surface area contributed by atoms with Crippen LogP contribution in [0.2, 0.25) is 0 Å². The summed E-state index contributed by atoms with van der Waals surface area (Å²) in [5, 5.41) is 0. The van der Waals surface area contributed by atoms with E-state index in [1.54, 1.807) is 0 Å². The van der Waals surface area contributed by atoms with Crippen LogP contribution in [-0.2, 0) is 6.54 Å². The lowest BCUT2D eigenvalue weighted by atomic mass is 10.1. The molecular formula is C16H18FN3O. The standard InChI is InChI=1S/C16H18FN3O/c1-11-5-3-4-6-15(11)20(2)10-13-9-12(16(21)19-18)7-8-14(13)17/h3-9H,10,18H2,1-2H3,(H,19,21). The van der Waals surface area contributed by atoms with Gasteiger partial charge in [0.25, 0.3) is 5.91 Å². The van der Waals surface area contributed by atoms with Crippen molar-refractivity contribution in [2.75, 3.05) is 11.9 Å². The van der Waals surface area contributed by atoms with Crippen LogP contribution in [0, 0.1) is 12.7 Å². The summed E-state index contributed by atoms with van der Waals surface area (Å²) < 4.78 is 13.9. The number of halogens is 1. The fourth-order valence-corrected chi connectivity index (χ4v) is 2.25. The molecule has 2 aromatic rings. The number of nitrogen functional groups attached to an aromatic ring is 1. The summed E-state index contributed by atoms with van der Waals surface area (Å²) in [4.78, 5) is 13.5. The second-order valence-electron chi connectivity index (χ2n) is 4.92. The molecule has 110 valence electrons. The van der Waals surface area contributed by atoms with Crippen LogP contribution in [-0.4, -0.2) is 13.0 Å². The van der Waals surface area contributed by atoms with Crippen LogP contribution in [0.25, 0.3) is 0 Å². The van der Waals surface area contributed by atoms with Crippen molar-refractivity contribution in [2.24, 2.45) is 5.84 Å². The summed E-state index contributed by atoms with van der Waals surface area (Å²) in [5.74, 6) is 4.32. The predicted molar refractivity (Wildman–Crippen MR) is 81.3 cm³/mol. The summed E-state index contributed by atoms with van der Waals surface area (Å²) >= 11 is 0. The first-order valence-electron chi connectivity index (χ1n) is 6.59. The average molecular weight is 287 g/mol. The maximum absolute atomic E-state index is 13.9. The van der Waals surface area contributed by atoms with E-state index in [0.29, 0.717) is 17.7 Å². The minimum absolute atomic E-state index is 0.340. The van der Waals surface area contributed by atoms with Crippen molar-refractivity contribution in [1.29, 1.82) is 0 Å². The molecule has 0 aromatic heterocycles. The molecule has 5 heteroatoms. The number of nitrogens with one attached hydrogen (secondary N) is 1. The first-order chi connectivity index (χ1) is 10.0. The first-order valence-corrected chi connectivity index (χ1v) is 6.59. The smallest absolute Gasteiger partial charge is 0.265 e. The molecule has 0 atom stereocenters. The summed E-state index contributed by atoms with van der Waals surface area (Å²) in [7, 11) is 1.89. The Bertz CT molecular complexity index is 658. The number of nitrogens with two attached hydrogens (primary N) is 1. The second-order valence-corrected chi connectivity index (χ2v) is 4.92. The summed E-state index contributed by atoms with van der Waals surface area (Å²) in [6, 6.07) is 12.1. The number of benzene rings is 2. The van der Waals surface area contributed by atoms with Crippen molar-refractivity contribution in [3.05, 3.63) is 65.0 Å². The van der Waals surface area contributed by atoms with E-state index in [0.717, 1.165) is 11.3 Å². The predicted octanol–water partition coefficient (Wildman–Crippen LogP) is 2.37. The molecular weight excluding hydrogens is 269 g/mol. The van der Waals surface area contributed by atoms with Crippen molar-refractivity contribution in [2.45, 2.75) is 13.5 Å². The molecule has 1 amide bonds. The minimum atomic E-state index is -0.435. The van der Waals surface area contributed by atoms with Crippen LogP contribution in [0.1, 0.15) is 21.5 Å². The quantitative estimate of drug-likeness (QED) is 0.515. The largest absolute Gasteiger partial charge is 0.370 e. The molecule has 21 heavy (non-hydrogen) atoms. The van der Waals surface area contributed by atoms with Crippen molar-refractivity contribution >= 4 is 11.6 Å². The van der Waals surface area contributed by atoms with Gasteiger partial charge in [-0.05, 0) is 36.8 Å². The monoisotopic (exact) mass is 287 g/mol. The van der Waals surface area contributed by atoms with Gasteiger partial charge in [-0.2, -0.15) is 0 Å². The summed E-state index contributed by atoms with van der Waals surface area (Å²) in [5.41, 5.74) is 4.96. The van der Waals surface area contributed by atoms with Crippen LogP contribution in [0.15, 0.2) is 42.5 Å². The molecule has 0 aliphatic rings. The highest BCUT2D eigenvalue weighted by Gasteiger charge is 2.12. The van der Waals surface area contributed by atoms with Crippen LogP contribution >= 0.6 is 0 Å². The van der Waals surface area contributed by atoms with Crippen molar-refractivity contribution in [3.63, 3.8) is 0 Å². The number of carbonyl (C=O) groups is 1. The van der Waals surface area contributed by atoms with Gasteiger partial charge in [0.2, 0.25) is 0 Å². The number of hydrogen-bond donors (Lipinski definition) is 2. The Morgan fingerprint density at radius 2 is 2.00 bits per heavy atom. The molecule has 0 bridgehead atoms. The second kappa shape index (κ2) is 6.37. The highest BCUT2D eigenvalue weighted by atomic mass is 19.1. The molecule has 0 radical (unpaired) electrons. The maximum Gasteiger partial charge on any atom is 0.265 e. The average Bonchev–Trinajstić information content (AvgIpc) is 2.49. The molecule has 0 heterocycles. The van der Waals surface area contributed by atoms with E-state index in [1.807, 2.05) is 48.6 Å². The van der Waals surface area contributed by atoms with E-state index in [1.165, 1.54) is 18.2 Å². The van der Waals surface area contributed by atoms with Crippen LogP contribution in [0.5, 0.6) is 0 Å². The maximum atomic E-state index is 13.9. The minimum Gasteiger partial charge on any atom is -0.370 e. The Labute approximate surface area is 123 Å². The lowest BCUT2D eigenvalue weighted by Crippen LogP contribution is -2.30. The fraction of sp³-hybridized carbons (Fsp3) is 0.188. The SMILES string of the molecule is Cc1ccccc1N(C)Cc1cc(C(=O)NN)ccc1F. The Kier molecular flexibility index (Phi) is 4.55. The molecule has 0 saturated carbocycles. The van der Waals surface area contributed by atoms with Gasteiger partial charge in [0.05, 0.1) is 0 Å². The Morgan fingerprint density at radius 3 is 2.67 bits per heavy atom. The van der Waals surface area contributed by atoms with E-state index in [4.69, 9.17) is 5.84 Å². The van der Waals surface area contributed by atoms with E-state index in [9.17, 15) is 9.18 Å². The number of nitrogens with zero attached hydrogens (tertiary/aromatic N) is 1. The summed E-state index contributed by atoms with van der Waals surface area (Å²) in [6.45, 7) is 2.36. The van der Waals surface area contributed by atoms with Crippen LogP contribution in [0.4, 0.5) is 10.1 Å². The molecule has 0 saturated heterocycles. The highest BCUT2D eigenvalue weighted by Crippen LogP contribution is 2.21. The normalized spacial score (nSPS) is 10.3. The molecule has 2 rings (SSSR count). The Hall–Kier alpha value is -2.40. The van der Waals surface area contributed by atoms with E-state index in [2.05, 4.69) is 0 Å². The van der Waals surface area contributed by atoms with Gasteiger partial charge in [-0.3, -0.25) is 10.2 Å². The molecule has 0 aliphatic carbocycles. The molecule has 2 aromatic carbocycles. The summed E-state index contributed by atoms with van der Waals surface area (Å²) in [6.07, 6.45) is 0. The Morgan fingerprint density at radius 1 is 1.29 bits per heavy atom. The zero-order chi connectivity index (χ0) is 15.4. The lowest BCUT2D eigenvalue weighted by molar-refractivity contribution is 0.0953. The lowest BCUT2D eigenvalue weighted by Gasteiger charge is -2.22. The van der Waals surface area contributed by atoms with Gasteiger partial charge < -0.3 is 4.90 Å². The van der Waals surface area contributed by atoms with Crippen molar-refractivity contribution in [1.82, 2.24) is 5.43 Å². The topological polar surface area (TPSA) is 58.4 Å².